The summed E-state index contributed by atoms with van der Waals surface area (Å²) in [4.78, 5) is 25.1. The predicted molar refractivity (Wildman–Crippen MR) is 154 cm³/mol. The number of anilines is 2. The molecule has 1 aliphatic rings. The number of nitrogens with zero attached hydrogens (tertiary/aromatic N) is 4. The Labute approximate surface area is 240 Å². The van der Waals surface area contributed by atoms with Crippen molar-refractivity contribution >= 4 is 44.8 Å². The third-order valence-corrected chi connectivity index (χ3v) is 8.75. The van der Waals surface area contributed by atoms with Gasteiger partial charge in [-0.1, -0.05) is 53.4 Å². The average molecular weight is 579 g/mol. The summed E-state index contributed by atoms with van der Waals surface area (Å²) in [6.07, 6.45) is 4.38. The second-order valence-electron chi connectivity index (χ2n) is 9.60. The Hall–Kier alpha value is -3.90. The van der Waals surface area contributed by atoms with Crippen LogP contribution < -0.4 is 20.1 Å². The van der Waals surface area contributed by atoms with E-state index in [0.717, 1.165) is 46.8 Å². The van der Waals surface area contributed by atoms with Crippen LogP contribution in [0.5, 0.6) is 11.5 Å². The van der Waals surface area contributed by atoms with E-state index in [2.05, 4.69) is 31.0 Å². The number of benzene rings is 2. The molecule has 2 atom stereocenters. The molecule has 10 nitrogen and oxygen atoms in total. The van der Waals surface area contributed by atoms with Gasteiger partial charge in [0.2, 0.25) is 22.1 Å². The molecule has 0 spiro atoms. The minimum Gasteiger partial charge on any atom is -0.497 e. The van der Waals surface area contributed by atoms with Gasteiger partial charge >= 0.3 is 0 Å². The van der Waals surface area contributed by atoms with Gasteiger partial charge in [-0.2, -0.15) is 0 Å². The minimum atomic E-state index is -0.146. The highest BCUT2D eigenvalue weighted by Gasteiger charge is 2.29. The van der Waals surface area contributed by atoms with Crippen LogP contribution in [0.1, 0.15) is 58.7 Å². The lowest BCUT2D eigenvalue weighted by Crippen LogP contribution is -2.14. The second-order valence-corrected chi connectivity index (χ2v) is 11.6. The maximum Gasteiger partial charge on any atom is 0.230 e. The molecule has 4 aromatic rings. The van der Waals surface area contributed by atoms with E-state index in [1.165, 1.54) is 22.7 Å². The Morgan fingerprint density at radius 2 is 1.25 bits per heavy atom. The van der Waals surface area contributed by atoms with Crippen molar-refractivity contribution in [3.8, 4) is 11.5 Å². The summed E-state index contributed by atoms with van der Waals surface area (Å²) >= 11 is 2.85. The van der Waals surface area contributed by atoms with E-state index < -0.39 is 0 Å². The lowest BCUT2D eigenvalue weighted by Gasteiger charge is -2.25. The zero-order chi connectivity index (χ0) is 27.9. The monoisotopic (exact) mass is 578 g/mol. The van der Waals surface area contributed by atoms with Crippen molar-refractivity contribution in [1.29, 1.82) is 0 Å². The van der Waals surface area contributed by atoms with Crippen molar-refractivity contribution in [3.05, 3.63) is 69.7 Å². The van der Waals surface area contributed by atoms with Gasteiger partial charge < -0.3 is 20.1 Å². The summed E-state index contributed by atoms with van der Waals surface area (Å²) in [6.45, 7) is 0. The van der Waals surface area contributed by atoms with Crippen LogP contribution in [-0.4, -0.2) is 46.4 Å². The lowest BCUT2D eigenvalue weighted by molar-refractivity contribution is -0.116. The fourth-order valence-corrected chi connectivity index (χ4v) is 6.62. The van der Waals surface area contributed by atoms with Crippen LogP contribution in [-0.2, 0) is 22.4 Å². The molecule has 1 saturated carbocycles. The van der Waals surface area contributed by atoms with Gasteiger partial charge in [0.15, 0.2) is 0 Å². The Morgan fingerprint density at radius 1 is 0.775 bits per heavy atom. The maximum atomic E-state index is 12.6. The second kappa shape index (κ2) is 13.0. The molecule has 12 heteroatoms. The molecule has 2 heterocycles. The first-order valence-electron chi connectivity index (χ1n) is 13.0. The van der Waals surface area contributed by atoms with Gasteiger partial charge in [0.1, 0.15) is 21.5 Å². The first-order chi connectivity index (χ1) is 19.5. The summed E-state index contributed by atoms with van der Waals surface area (Å²) in [5, 5.41) is 25.8. The first-order valence-corrected chi connectivity index (χ1v) is 14.6. The van der Waals surface area contributed by atoms with Crippen LogP contribution in [0, 0.1) is 0 Å². The fraction of sp³-hybridized carbons (Fsp3) is 0.357. The molecular formula is C28H30N6O4S2. The van der Waals surface area contributed by atoms with Gasteiger partial charge in [0.25, 0.3) is 0 Å². The summed E-state index contributed by atoms with van der Waals surface area (Å²) < 4.78 is 10.5. The zero-order valence-corrected chi connectivity index (χ0v) is 23.9. The molecule has 0 saturated heterocycles. The van der Waals surface area contributed by atoms with E-state index in [9.17, 15) is 9.59 Å². The van der Waals surface area contributed by atoms with Crippen LogP contribution in [0.3, 0.4) is 0 Å². The number of rotatable bonds is 10. The minimum absolute atomic E-state index is 0.146. The number of methoxy groups -OCH3 is 2. The van der Waals surface area contributed by atoms with Gasteiger partial charge in [0.05, 0.1) is 27.1 Å². The molecule has 208 valence electrons. The average Bonchev–Trinajstić information content (AvgIpc) is 3.63. The molecular weight excluding hydrogens is 548 g/mol. The molecule has 1 aliphatic carbocycles. The molecule has 40 heavy (non-hydrogen) atoms. The van der Waals surface area contributed by atoms with Gasteiger partial charge in [-0.3, -0.25) is 9.59 Å². The number of amides is 2. The topological polar surface area (TPSA) is 128 Å². The maximum absolute atomic E-state index is 12.6. The highest BCUT2D eigenvalue weighted by atomic mass is 32.1. The van der Waals surface area contributed by atoms with Crippen molar-refractivity contribution in [2.45, 2.75) is 50.4 Å². The Balaban J connectivity index is 1.14. The molecule has 2 N–H and O–H groups in total. The first kappa shape index (κ1) is 27.7. The summed E-state index contributed by atoms with van der Waals surface area (Å²) in [6, 6.07) is 14.9. The third-order valence-electron chi connectivity index (χ3n) is 6.74. The van der Waals surface area contributed by atoms with E-state index >= 15 is 0 Å². The number of hydrogen-bond acceptors (Lipinski definition) is 10. The largest absolute Gasteiger partial charge is 0.497 e. The van der Waals surface area contributed by atoms with E-state index in [-0.39, 0.29) is 36.5 Å². The van der Waals surface area contributed by atoms with Crippen LogP contribution in [0.4, 0.5) is 10.3 Å². The molecule has 5 rings (SSSR count). The fourth-order valence-electron chi connectivity index (χ4n) is 4.80. The number of carbonyl (C=O) groups is 2. The molecule has 2 aromatic heterocycles. The summed E-state index contributed by atoms with van der Waals surface area (Å²) in [5.41, 5.74) is 1.73. The van der Waals surface area contributed by atoms with Gasteiger partial charge in [-0.25, -0.2) is 0 Å². The van der Waals surface area contributed by atoms with E-state index in [4.69, 9.17) is 9.47 Å². The lowest BCUT2D eigenvalue weighted by atomic mass is 9.82. The van der Waals surface area contributed by atoms with E-state index in [1.54, 1.807) is 14.2 Å². The standard InChI is InChI=1S/C28H30N6O4S2/c1-37-21-10-3-6-17(12-21)14-23(35)29-27-33-31-25(39-27)19-8-5-9-20(16-19)26-32-34-28(40-26)30-24(36)15-18-7-4-11-22(13-18)38-2/h3-4,6-7,10-13,19-20H,5,8-9,14-16H2,1-2H3,(H,29,33,35)(H,30,34,36)/t19-,20?/m0/s1. The van der Waals surface area contributed by atoms with Crippen LogP contribution in [0.25, 0.3) is 0 Å². The van der Waals surface area contributed by atoms with Crippen LogP contribution in [0.15, 0.2) is 48.5 Å². The van der Waals surface area contributed by atoms with Crippen molar-refractivity contribution in [1.82, 2.24) is 20.4 Å². The summed E-state index contributed by atoms with van der Waals surface area (Å²) in [5.74, 6) is 1.60. The third kappa shape index (κ3) is 7.19. The molecule has 2 amide bonds. The van der Waals surface area contributed by atoms with Crippen LogP contribution in [0.2, 0.25) is 0 Å². The van der Waals surface area contributed by atoms with E-state index in [0.29, 0.717) is 21.8 Å². The Kier molecular flexibility index (Phi) is 8.97. The van der Waals surface area contributed by atoms with Crippen molar-refractivity contribution < 1.29 is 19.1 Å². The molecule has 1 unspecified atom stereocenters. The molecule has 0 bridgehead atoms. The van der Waals surface area contributed by atoms with Gasteiger partial charge in [-0.15, -0.1) is 20.4 Å². The smallest absolute Gasteiger partial charge is 0.230 e. The van der Waals surface area contributed by atoms with Crippen molar-refractivity contribution in [3.63, 3.8) is 0 Å². The molecule has 2 aromatic carbocycles. The van der Waals surface area contributed by atoms with Gasteiger partial charge in [0, 0.05) is 11.8 Å². The normalized spacial score (nSPS) is 16.8. The number of hydrogen-bond donors (Lipinski definition) is 2. The van der Waals surface area contributed by atoms with Gasteiger partial charge in [-0.05, 0) is 54.7 Å². The molecule has 1 fully saturated rings. The number of aromatic nitrogens is 4. The predicted octanol–water partition coefficient (Wildman–Crippen LogP) is 5.21. The van der Waals surface area contributed by atoms with E-state index in [1.807, 2.05) is 48.5 Å². The Morgan fingerprint density at radius 3 is 1.70 bits per heavy atom. The number of nitrogens with one attached hydrogen (secondary N) is 2. The van der Waals surface area contributed by atoms with Crippen molar-refractivity contribution in [2.75, 3.05) is 24.9 Å². The number of carbonyl (C=O) groups excluding carboxylic acids is 2. The quantitative estimate of drug-likeness (QED) is 0.262. The number of ether oxygens (including phenoxy) is 2. The Bertz CT molecular complexity index is 1360. The zero-order valence-electron chi connectivity index (χ0n) is 22.3. The highest BCUT2D eigenvalue weighted by molar-refractivity contribution is 7.15. The highest BCUT2D eigenvalue weighted by Crippen LogP contribution is 2.43. The van der Waals surface area contributed by atoms with Crippen LogP contribution >= 0.6 is 22.7 Å². The molecule has 0 aliphatic heterocycles. The molecule has 0 radical (unpaired) electrons. The van der Waals surface area contributed by atoms with Crippen molar-refractivity contribution in [2.24, 2.45) is 0 Å². The summed E-state index contributed by atoms with van der Waals surface area (Å²) in [7, 11) is 3.20. The SMILES string of the molecule is COc1cccc(CC(=O)Nc2nnc(C3CCC[C@H](c4nnc(NC(=O)Cc5cccc(OC)c5)s4)C3)s2)c1.